The monoisotopic (exact) mass is 300 g/mol. The maximum Gasteiger partial charge on any atom is 0.253 e. The fraction of sp³-hybridized carbons (Fsp3) is 0.444. The second-order valence-corrected chi connectivity index (χ2v) is 5.83. The normalized spacial score (nSPS) is 11.1. The standard InChI is InChI=1S/C18H24N2O2/c1-5-13(6-2)17(21)19-10-15-9-14-8-7-11(3)12(4)16(14)20-18(15)22/h7-9,13H,5-6,10H2,1-4H3,(H,19,21)(H,20,22). The molecule has 1 heterocycles. The van der Waals surface area contributed by atoms with Gasteiger partial charge in [0.2, 0.25) is 5.91 Å². The zero-order chi connectivity index (χ0) is 16.3. The van der Waals surface area contributed by atoms with E-state index < -0.39 is 0 Å². The number of fused-ring (bicyclic) bond motifs is 1. The number of hydrogen-bond acceptors (Lipinski definition) is 2. The largest absolute Gasteiger partial charge is 0.352 e. The minimum absolute atomic E-state index is 0.0180. The number of carbonyl (C=O) groups excluding carboxylic acids is 1. The Morgan fingerprint density at radius 2 is 1.91 bits per heavy atom. The molecule has 4 heteroatoms. The van der Waals surface area contributed by atoms with E-state index in [-0.39, 0.29) is 23.9 Å². The lowest BCUT2D eigenvalue weighted by molar-refractivity contribution is -0.125. The zero-order valence-electron chi connectivity index (χ0n) is 13.7. The second kappa shape index (κ2) is 6.77. The van der Waals surface area contributed by atoms with Crippen molar-refractivity contribution in [2.24, 2.45) is 5.92 Å². The van der Waals surface area contributed by atoms with Gasteiger partial charge in [-0.25, -0.2) is 0 Å². The lowest BCUT2D eigenvalue weighted by Crippen LogP contribution is -2.31. The Morgan fingerprint density at radius 3 is 2.55 bits per heavy atom. The van der Waals surface area contributed by atoms with Crippen molar-refractivity contribution in [2.75, 3.05) is 0 Å². The van der Waals surface area contributed by atoms with Gasteiger partial charge in [-0.3, -0.25) is 9.59 Å². The molecule has 0 fully saturated rings. The molecular weight excluding hydrogens is 276 g/mol. The maximum absolute atomic E-state index is 12.2. The van der Waals surface area contributed by atoms with Gasteiger partial charge in [-0.05, 0) is 49.3 Å². The van der Waals surface area contributed by atoms with Gasteiger partial charge in [0.1, 0.15) is 0 Å². The molecular formula is C18H24N2O2. The lowest BCUT2D eigenvalue weighted by Gasteiger charge is -2.13. The van der Waals surface area contributed by atoms with Crippen LogP contribution in [0.25, 0.3) is 10.9 Å². The number of hydrogen-bond donors (Lipinski definition) is 2. The summed E-state index contributed by atoms with van der Waals surface area (Å²) >= 11 is 0. The van der Waals surface area contributed by atoms with Crippen molar-refractivity contribution in [1.29, 1.82) is 0 Å². The molecule has 118 valence electrons. The van der Waals surface area contributed by atoms with Gasteiger partial charge in [-0.15, -0.1) is 0 Å². The van der Waals surface area contributed by atoms with Gasteiger partial charge in [-0.2, -0.15) is 0 Å². The fourth-order valence-electron chi connectivity index (χ4n) is 2.69. The summed E-state index contributed by atoms with van der Waals surface area (Å²) in [4.78, 5) is 27.2. The first kappa shape index (κ1) is 16.3. The van der Waals surface area contributed by atoms with Gasteiger partial charge < -0.3 is 10.3 Å². The van der Waals surface area contributed by atoms with Crippen molar-refractivity contribution in [2.45, 2.75) is 47.1 Å². The summed E-state index contributed by atoms with van der Waals surface area (Å²) in [6.07, 6.45) is 1.63. The highest BCUT2D eigenvalue weighted by Crippen LogP contribution is 2.18. The average Bonchev–Trinajstić information content (AvgIpc) is 2.51. The number of aromatic amines is 1. The molecule has 1 aromatic carbocycles. The van der Waals surface area contributed by atoms with Crippen LogP contribution in [0.3, 0.4) is 0 Å². The average molecular weight is 300 g/mol. The number of carbonyl (C=O) groups is 1. The van der Waals surface area contributed by atoms with Crippen LogP contribution < -0.4 is 10.9 Å². The van der Waals surface area contributed by atoms with E-state index in [9.17, 15) is 9.59 Å². The zero-order valence-corrected chi connectivity index (χ0v) is 13.7. The molecule has 22 heavy (non-hydrogen) atoms. The van der Waals surface area contributed by atoms with E-state index in [0.717, 1.165) is 34.9 Å². The van der Waals surface area contributed by atoms with Crippen LogP contribution in [0.5, 0.6) is 0 Å². The molecule has 2 aromatic rings. The van der Waals surface area contributed by atoms with Gasteiger partial charge in [0, 0.05) is 18.0 Å². The van der Waals surface area contributed by atoms with Crippen molar-refractivity contribution in [3.63, 3.8) is 0 Å². The number of amides is 1. The number of H-pyrrole nitrogens is 1. The minimum Gasteiger partial charge on any atom is -0.352 e. The third kappa shape index (κ3) is 3.21. The van der Waals surface area contributed by atoms with Crippen LogP contribution in [0.15, 0.2) is 23.0 Å². The Kier molecular flexibility index (Phi) is 5.01. The Bertz CT molecular complexity index is 743. The van der Waals surface area contributed by atoms with Crippen molar-refractivity contribution in [3.05, 3.63) is 45.2 Å². The number of rotatable bonds is 5. The molecule has 1 amide bonds. The SMILES string of the molecule is CCC(CC)C(=O)NCc1cc2ccc(C)c(C)c2[nH]c1=O. The molecule has 0 unspecified atom stereocenters. The summed E-state index contributed by atoms with van der Waals surface area (Å²) in [6.45, 7) is 8.30. The van der Waals surface area contributed by atoms with Gasteiger partial charge in [0.15, 0.2) is 0 Å². The summed E-state index contributed by atoms with van der Waals surface area (Å²) in [5, 5.41) is 3.87. The molecule has 0 saturated carbocycles. The molecule has 0 aliphatic carbocycles. The number of pyridine rings is 1. The maximum atomic E-state index is 12.2. The Morgan fingerprint density at radius 1 is 1.23 bits per heavy atom. The van der Waals surface area contributed by atoms with E-state index in [4.69, 9.17) is 0 Å². The molecule has 0 aliphatic heterocycles. The highest BCUT2D eigenvalue weighted by molar-refractivity contribution is 5.83. The van der Waals surface area contributed by atoms with E-state index in [1.54, 1.807) is 0 Å². The molecule has 0 saturated heterocycles. The predicted molar refractivity (Wildman–Crippen MR) is 90.0 cm³/mol. The van der Waals surface area contributed by atoms with Crippen LogP contribution in [0.4, 0.5) is 0 Å². The first-order valence-corrected chi connectivity index (χ1v) is 7.87. The van der Waals surface area contributed by atoms with E-state index in [0.29, 0.717) is 5.56 Å². The lowest BCUT2D eigenvalue weighted by atomic mass is 10.0. The number of benzene rings is 1. The van der Waals surface area contributed by atoms with Crippen molar-refractivity contribution >= 4 is 16.8 Å². The van der Waals surface area contributed by atoms with Crippen molar-refractivity contribution in [1.82, 2.24) is 10.3 Å². The quantitative estimate of drug-likeness (QED) is 0.890. The summed E-state index contributed by atoms with van der Waals surface area (Å²) in [6, 6.07) is 5.91. The Labute approximate surface area is 130 Å². The molecule has 0 radical (unpaired) electrons. The van der Waals surface area contributed by atoms with Crippen LogP contribution in [-0.4, -0.2) is 10.9 Å². The van der Waals surface area contributed by atoms with Crippen molar-refractivity contribution in [3.8, 4) is 0 Å². The van der Waals surface area contributed by atoms with E-state index >= 15 is 0 Å². The molecule has 0 atom stereocenters. The fourth-order valence-corrected chi connectivity index (χ4v) is 2.69. The molecule has 0 spiro atoms. The summed E-state index contributed by atoms with van der Waals surface area (Å²) in [5.74, 6) is 0.0361. The minimum atomic E-state index is -0.133. The van der Waals surface area contributed by atoms with Crippen LogP contribution >= 0.6 is 0 Å². The highest BCUT2D eigenvalue weighted by Gasteiger charge is 2.14. The van der Waals surface area contributed by atoms with Gasteiger partial charge >= 0.3 is 0 Å². The van der Waals surface area contributed by atoms with E-state index in [2.05, 4.69) is 10.3 Å². The van der Waals surface area contributed by atoms with E-state index in [1.807, 2.05) is 45.9 Å². The van der Waals surface area contributed by atoms with Gasteiger partial charge in [0.25, 0.3) is 5.56 Å². The van der Waals surface area contributed by atoms with Crippen LogP contribution in [0, 0.1) is 19.8 Å². The summed E-state index contributed by atoms with van der Waals surface area (Å²) < 4.78 is 0. The number of nitrogens with one attached hydrogen (secondary N) is 2. The first-order valence-electron chi connectivity index (χ1n) is 7.87. The summed E-state index contributed by atoms with van der Waals surface area (Å²) in [5.41, 5.74) is 3.57. The molecule has 1 aromatic heterocycles. The first-order chi connectivity index (χ1) is 10.5. The second-order valence-electron chi connectivity index (χ2n) is 5.83. The van der Waals surface area contributed by atoms with Gasteiger partial charge in [-0.1, -0.05) is 26.0 Å². The van der Waals surface area contributed by atoms with Gasteiger partial charge in [0.05, 0.1) is 5.52 Å². The van der Waals surface area contributed by atoms with E-state index in [1.165, 1.54) is 0 Å². The van der Waals surface area contributed by atoms with Crippen LogP contribution in [0.2, 0.25) is 0 Å². The topological polar surface area (TPSA) is 62.0 Å². The molecule has 0 bridgehead atoms. The van der Waals surface area contributed by atoms with Crippen molar-refractivity contribution < 1.29 is 4.79 Å². The third-order valence-electron chi connectivity index (χ3n) is 4.44. The molecule has 2 N–H and O–H groups in total. The molecule has 0 aliphatic rings. The smallest absolute Gasteiger partial charge is 0.253 e. The molecule has 2 rings (SSSR count). The van der Waals surface area contributed by atoms with Crippen LogP contribution in [0.1, 0.15) is 43.4 Å². The highest BCUT2D eigenvalue weighted by atomic mass is 16.2. The third-order valence-corrected chi connectivity index (χ3v) is 4.44. The summed E-state index contributed by atoms with van der Waals surface area (Å²) in [7, 11) is 0. The Balaban J connectivity index is 2.26. The predicted octanol–water partition coefficient (Wildman–Crippen LogP) is 3.20. The molecule has 4 nitrogen and oxygen atoms in total. The number of aryl methyl sites for hydroxylation is 2. The number of aromatic nitrogens is 1. The Hall–Kier alpha value is -2.10. The van der Waals surface area contributed by atoms with Crippen LogP contribution in [-0.2, 0) is 11.3 Å².